The molecular weight excluding hydrogens is 258 g/mol. The predicted molar refractivity (Wildman–Crippen MR) is 77.8 cm³/mol. The Morgan fingerprint density at radius 1 is 0.895 bits per heavy atom. The van der Waals surface area contributed by atoms with Gasteiger partial charge in [0.15, 0.2) is 9.84 Å². The van der Waals surface area contributed by atoms with Crippen LogP contribution in [0.2, 0.25) is 0 Å². The van der Waals surface area contributed by atoms with Crippen LogP contribution in [-0.4, -0.2) is 19.7 Å². The third-order valence-electron chi connectivity index (χ3n) is 3.09. The summed E-state index contributed by atoms with van der Waals surface area (Å²) in [4.78, 5) is 4.51. The molecule has 1 aromatic heterocycles. The first-order valence-electron chi connectivity index (χ1n) is 5.99. The van der Waals surface area contributed by atoms with Gasteiger partial charge in [-0.1, -0.05) is 42.5 Å². The number of para-hydroxylation sites is 1. The van der Waals surface area contributed by atoms with Crippen molar-refractivity contribution in [3.63, 3.8) is 0 Å². The van der Waals surface area contributed by atoms with Gasteiger partial charge < -0.3 is 0 Å². The first-order chi connectivity index (χ1) is 9.04. The van der Waals surface area contributed by atoms with Crippen LogP contribution in [0.15, 0.2) is 48.5 Å². The number of sulfone groups is 1. The highest BCUT2D eigenvalue weighted by molar-refractivity contribution is 7.89. The van der Waals surface area contributed by atoms with Crippen molar-refractivity contribution in [3.8, 4) is 0 Å². The molecule has 0 amide bonds. The maximum atomic E-state index is 11.5. The summed E-state index contributed by atoms with van der Waals surface area (Å²) in [7, 11) is -3.10. The van der Waals surface area contributed by atoms with Crippen LogP contribution in [-0.2, 0) is 15.6 Å². The Morgan fingerprint density at radius 2 is 1.47 bits per heavy atom. The van der Waals surface area contributed by atoms with Crippen molar-refractivity contribution < 1.29 is 8.42 Å². The molecule has 0 unspecified atom stereocenters. The number of nitrogens with zero attached hydrogens (tertiary/aromatic N) is 1. The lowest BCUT2D eigenvalue weighted by Gasteiger charge is -2.08. The molecule has 0 saturated heterocycles. The quantitative estimate of drug-likeness (QED) is 0.673. The van der Waals surface area contributed by atoms with Crippen molar-refractivity contribution in [2.75, 3.05) is 6.26 Å². The smallest absolute Gasteiger partial charge is 0.153 e. The number of rotatable bonds is 2. The summed E-state index contributed by atoms with van der Waals surface area (Å²) < 4.78 is 23.1. The standard InChI is InChI=1S/C15H13NO2S/c1-19(17,18)10-15-13-8-3-2-6-11(13)12-7-4-5-9-14(12)16-15/h2-9H,10H2,1H3. The molecule has 4 heteroatoms. The summed E-state index contributed by atoms with van der Waals surface area (Å²) in [5.41, 5.74) is 1.46. The minimum atomic E-state index is -3.10. The van der Waals surface area contributed by atoms with Gasteiger partial charge in [0.25, 0.3) is 0 Å². The first kappa shape index (κ1) is 12.1. The third-order valence-corrected chi connectivity index (χ3v) is 3.88. The second kappa shape index (κ2) is 4.31. The molecule has 0 bridgehead atoms. The van der Waals surface area contributed by atoms with E-state index in [-0.39, 0.29) is 5.75 Å². The Kier molecular flexibility index (Phi) is 2.75. The minimum Gasteiger partial charge on any atom is -0.251 e. The maximum Gasteiger partial charge on any atom is 0.153 e. The monoisotopic (exact) mass is 271 g/mol. The van der Waals surface area contributed by atoms with Gasteiger partial charge in [-0.15, -0.1) is 0 Å². The second-order valence-corrected chi connectivity index (χ2v) is 6.83. The van der Waals surface area contributed by atoms with Gasteiger partial charge >= 0.3 is 0 Å². The van der Waals surface area contributed by atoms with Gasteiger partial charge in [-0.05, 0) is 11.5 Å². The Balaban J connectivity index is 2.42. The molecule has 19 heavy (non-hydrogen) atoms. The molecule has 3 rings (SSSR count). The molecule has 96 valence electrons. The van der Waals surface area contributed by atoms with Crippen LogP contribution >= 0.6 is 0 Å². The van der Waals surface area contributed by atoms with E-state index >= 15 is 0 Å². The topological polar surface area (TPSA) is 47.0 Å². The fourth-order valence-electron chi connectivity index (χ4n) is 2.33. The highest BCUT2D eigenvalue weighted by atomic mass is 32.2. The number of hydrogen-bond acceptors (Lipinski definition) is 3. The van der Waals surface area contributed by atoms with Gasteiger partial charge in [-0.25, -0.2) is 8.42 Å². The highest BCUT2D eigenvalue weighted by Crippen LogP contribution is 2.26. The van der Waals surface area contributed by atoms with E-state index < -0.39 is 9.84 Å². The lowest BCUT2D eigenvalue weighted by atomic mass is 10.0. The number of benzene rings is 2. The Morgan fingerprint density at radius 3 is 2.16 bits per heavy atom. The van der Waals surface area contributed by atoms with Crippen molar-refractivity contribution in [2.24, 2.45) is 0 Å². The van der Waals surface area contributed by atoms with E-state index in [0.29, 0.717) is 5.69 Å². The zero-order chi connectivity index (χ0) is 13.5. The summed E-state index contributed by atoms with van der Waals surface area (Å²) in [6, 6.07) is 15.6. The predicted octanol–water partition coefficient (Wildman–Crippen LogP) is 2.93. The van der Waals surface area contributed by atoms with Gasteiger partial charge in [0.2, 0.25) is 0 Å². The van der Waals surface area contributed by atoms with E-state index in [1.165, 1.54) is 6.26 Å². The third kappa shape index (κ3) is 2.31. The average molecular weight is 271 g/mol. The molecule has 1 heterocycles. The molecule has 0 fully saturated rings. The minimum absolute atomic E-state index is 0.0294. The lowest BCUT2D eigenvalue weighted by Crippen LogP contribution is -2.04. The summed E-state index contributed by atoms with van der Waals surface area (Å²) >= 11 is 0. The van der Waals surface area contributed by atoms with Gasteiger partial charge in [0.1, 0.15) is 0 Å². The van der Waals surface area contributed by atoms with Crippen molar-refractivity contribution in [1.82, 2.24) is 4.98 Å². The summed E-state index contributed by atoms with van der Waals surface area (Å²) in [5.74, 6) is -0.0294. The van der Waals surface area contributed by atoms with Crippen LogP contribution in [0.4, 0.5) is 0 Å². The highest BCUT2D eigenvalue weighted by Gasteiger charge is 2.12. The molecule has 0 radical (unpaired) electrons. The van der Waals surface area contributed by atoms with Gasteiger partial charge in [-0.3, -0.25) is 4.98 Å². The number of fused-ring (bicyclic) bond motifs is 3. The normalized spacial score (nSPS) is 12.1. The van der Waals surface area contributed by atoms with Crippen LogP contribution in [0.5, 0.6) is 0 Å². The molecule has 0 aliphatic rings. The van der Waals surface area contributed by atoms with Crippen LogP contribution in [0, 0.1) is 0 Å². The summed E-state index contributed by atoms with van der Waals surface area (Å²) in [5, 5.41) is 3.01. The molecule has 3 nitrogen and oxygen atoms in total. The van der Waals surface area contributed by atoms with Crippen LogP contribution < -0.4 is 0 Å². The van der Waals surface area contributed by atoms with Crippen molar-refractivity contribution in [2.45, 2.75) is 5.75 Å². The Hall–Kier alpha value is -1.94. The van der Waals surface area contributed by atoms with Crippen molar-refractivity contribution in [1.29, 1.82) is 0 Å². The molecular formula is C15H13NO2S. The first-order valence-corrected chi connectivity index (χ1v) is 8.05. The van der Waals surface area contributed by atoms with Crippen LogP contribution in [0.1, 0.15) is 5.69 Å². The number of aromatic nitrogens is 1. The van der Waals surface area contributed by atoms with Gasteiger partial charge in [-0.2, -0.15) is 0 Å². The Bertz CT molecular complexity index is 870. The van der Waals surface area contributed by atoms with Gasteiger partial charge in [0.05, 0.1) is 17.0 Å². The van der Waals surface area contributed by atoms with E-state index in [1.54, 1.807) is 0 Å². The van der Waals surface area contributed by atoms with Gasteiger partial charge in [0, 0.05) is 17.0 Å². The van der Waals surface area contributed by atoms with Crippen molar-refractivity contribution in [3.05, 3.63) is 54.2 Å². The number of pyridine rings is 1. The molecule has 0 saturated carbocycles. The van der Waals surface area contributed by atoms with Crippen LogP contribution in [0.25, 0.3) is 21.7 Å². The fraction of sp³-hybridized carbons (Fsp3) is 0.133. The van der Waals surface area contributed by atoms with E-state index in [9.17, 15) is 8.42 Å². The lowest BCUT2D eigenvalue weighted by molar-refractivity contribution is 0.601. The molecule has 0 atom stereocenters. The Labute approximate surface area is 111 Å². The molecule has 3 aromatic rings. The molecule has 0 aliphatic heterocycles. The number of hydrogen-bond donors (Lipinski definition) is 0. The molecule has 2 aromatic carbocycles. The molecule has 0 aliphatic carbocycles. The van der Waals surface area contributed by atoms with E-state index in [1.807, 2.05) is 48.5 Å². The fourth-order valence-corrected chi connectivity index (χ4v) is 3.05. The molecule has 0 spiro atoms. The average Bonchev–Trinajstić information content (AvgIpc) is 2.37. The zero-order valence-corrected chi connectivity index (χ0v) is 11.3. The van der Waals surface area contributed by atoms with E-state index in [0.717, 1.165) is 21.7 Å². The zero-order valence-electron chi connectivity index (χ0n) is 10.5. The van der Waals surface area contributed by atoms with Crippen molar-refractivity contribution >= 4 is 31.5 Å². The maximum absolute atomic E-state index is 11.5. The summed E-state index contributed by atoms with van der Waals surface area (Å²) in [6.07, 6.45) is 1.23. The van der Waals surface area contributed by atoms with E-state index in [4.69, 9.17) is 0 Å². The SMILES string of the molecule is CS(=O)(=O)Cc1nc2ccccc2c2ccccc12. The summed E-state index contributed by atoms with van der Waals surface area (Å²) in [6.45, 7) is 0. The largest absolute Gasteiger partial charge is 0.251 e. The molecule has 0 N–H and O–H groups in total. The van der Waals surface area contributed by atoms with E-state index in [2.05, 4.69) is 4.98 Å². The van der Waals surface area contributed by atoms with Crippen LogP contribution in [0.3, 0.4) is 0 Å². The second-order valence-electron chi connectivity index (χ2n) is 4.69.